The maximum atomic E-state index is 12.3. The number of amides is 1. The largest absolute Gasteiger partial charge is 0.376 e. The number of hydrogen-bond donors (Lipinski definition) is 2. The predicted molar refractivity (Wildman–Crippen MR) is 91.5 cm³/mol. The molecule has 0 radical (unpaired) electrons. The summed E-state index contributed by atoms with van der Waals surface area (Å²) in [4.78, 5) is 14.0. The highest BCUT2D eigenvalue weighted by atomic mass is 35.5. The van der Waals surface area contributed by atoms with Gasteiger partial charge in [-0.05, 0) is 42.5 Å². The van der Waals surface area contributed by atoms with Crippen LogP contribution in [0.15, 0.2) is 47.4 Å². The van der Waals surface area contributed by atoms with Crippen LogP contribution in [-0.2, 0) is 10.0 Å². The van der Waals surface area contributed by atoms with Gasteiger partial charge in [-0.25, -0.2) is 13.6 Å². The smallest absolute Gasteiger partial charge is 0.255 e. The van der Waals surface area contributed by atoms with E-state index in [0.29, 0.717) is 22.0 Å². The maximum Gasteiger partial charge on any atom is 0.255 e. The first kappa shape index (κ1) is 17.3. The molecule has 6 nitrogen and oxygen atoms in total. The van der Waals surface area contributed by atoms with Gasteiger partial charge in [0.15, 0.2) is 0 Å². The van der Waals surface area contributed by atoms with E-state index in [2.05, 4.69) is 5.32 Å². The molecule has 0 heterocycles. The molecular weight excluding hydrogens is 338 g/mol. The second-order valence-electron chi connectivity index (χ2n) is 5.08. The number of carbonyl (C=O) groups excluding carboxylic acids is 1. The van der Waals surface area contributed by atoms with Crippen molar-refractivity contribution in [1.29, 1.82) is 0 Å². The minimum absolute atomic E-state index is 0.0745. The molecule has 2 rings (SSSR count). The van der Waals surface area contributed by atoms with E-state index in [1.807, 2.05) is 0 Å². The molecule has 0 bridgehead atoms. The van der Waals surface area contributed by atoms with Gasteiger partial charge in [-0.15, -0.1) is 0 Å². The Bertz CT molecular complexity index is 834. The number of sulfonamides is 1. The van der Waals surface area contributed by atoms with Crippen LogP contribution < -0.4 is 15.4 Å². The van der Waals surface area contributed by atoms with Crippen LogP contribution in [-0.4, -0.2) is 28.4 Å². The SMILES string of the molecule is CN(C)c1ccc(S(N)(=O)=O)cc1NC(=O)c1ccc(Cl)cc1. The molecule has 0 aliphatic carbocycles. The van der Waals surface area contributed by atoms with Gasteiger partial charge in [0.25, 0.3) is 5.91 Å². The van der Waals surface area contributed by atoms with Gasteiger partial charge in [0.1, 0.15) is 0 Å². The number of hydrogen-bond acceptors (Lipinski definition) is 4. The van der Waals surface area contributed by atoms with Crippen LogP contribution >= 0.6 is 11.6 Å². The lowest BCUT2D eigenvalue weighted by molar-refractivity contribution is 0.102. The number of nitrogens with two attached hydrogens (primary N) is 1. The molecular formula is C15H16ClN3O3S. The van der Waals surface area contributed by atoms with E-state index in [-0.39, 0.29) is 10.8 Å². The molecule has 0 aliphatic heterocycles. The van der Waals surface area contributed by atoms with Gasteiger partial charge in [0.05, 0.1) is 16.3 Å². The first-order chi connectivity index (χ1) is 10.7. The zero-order valence-corrected chi connectivity index (χ0v) is 14.1. The molecule has 1 amide bonds. The zero-order valence-electron chi connectivity index (χ0n) is 12.6. The Labute approximate surface area is 139 Å². The predicted octanol–water partition coefficient (Wildman–Crippen LogP) is 2.31. The molecule has 2 aromatic carbocycles. The van der Waals surface area contributed by atoms with E-state index in [9.17, 15) is 13.2 Å². The maximum absolute atomic E-state index is 12.3. The van der Waals surface area contributed by atoms with Crippen LogP contribution in [0.25, 0.3) is 0 Å². The average molecular weight is 354 g/mol. The Balaban J connectivity index is 2.40. The number of nitrogens with one attached hydrogen (secondary N) is 1. The first-order valence-electron chi connectivity index (χ1n) is 6.59. The van der Waals surface area contributed by atoms with Crippen LogP contribution in [0.3, 0.4) is 0 Å². The number of primary sulfonamides is 1. The summed E-state index contributed by atoms with van der Waals surface area (Å²) in [5, 5.41) is 8.36. The molecule has 2 aromatic rings. The van der Waals surface area contributed by atoms with Gasteiger partial charge in [0.2, 0.25) is 10.0 Å². The molecule has 23 heavy (non-hydrogen) atoms. The van der Waals surface area contributed by atoms with E-state index in [1.54, 1.807) is 49.3 Å². The second kappa shape index (κ2) is 6.57. The monoisotopic (exact) mass is 353 g/mol. The summed E-state index contributed by atoms with van der Waals surface area (Å²) in [6.07, 6.45) is 0. The fraction of sp³-hybridized carbons (Fsp3) is 0.133. The quantitative estimate of drug-likeness (QED) is 0.882. The zero-order chi connectivity index (χ0) is 17.2. The van der Waals surface area contributed by atoms with E-state index in [4.69, 9.17) is 16.7 Å². The van der Waals surface area contributed by atoms with Crippen LogP contribution in [0, 0.1) is 0 Å². The molecule has 122 valence electrons. The Morgan fingerprint density at radius 1 is 1.13 bits per heavy atom. The average Bonchev–Trinajstić information content (AvgIpc) is 2.46. The molecule has 8 heteroatoms. The van der Waals surface area contributed by atoms with Crippen molar-refractivity contribution in [3.05, 3.63) is 53.1 Å². The van der Waals surface area contributed by atoms with Crippen LogP contribution in [0.2, 0.25) is 5.02 Å². The Hall–Kier alpha value is -2.09. The Morgan fingerprint density at radius 2 is 1.74 bits per heavy atom. The highest BCUT2D eigenvalue weighted by Gasteiger charge is 2.15. The summed E-state index contributed by atoms with van der Waals surface area (Å²) >= 11 is 5.80. The number of halogens is 1. The molecule has 0 aliphatic rings. The van der Waals surface area contributed by atoms with Crippen molar-refractivity contribution in [3.8, 4) is 0 Å². The third-order valence-electron chi connectivity index (χ3n) is 3.13. The van der Waals surface area contributed by atoms with Gasteiger partial charge < -0.3 is 10.2 Å². The third-order valence-corrected chi connectivity index (χ3v) is 4.30. The van der Waals surface area contributed by atoms with Crippen molar-refractivity contribution in [2.24, 2.45) is 5.14 Å². The van der Waals surface area contributed by atoms with Crippen LogP contribution in [0.5, 0.6) is 0 Å². The summed E-state index contributed by atoms with van der Waals surface area (Å²) in [5.41, 5.74) is 1.40. The first-order valence-corrected chi connectivity index (χ1v) is 8.52. The number of nitrogens with zero attached hydrogens (tertiary/aromatic N) is 1. The fourth-order valence-corrected chi connectivity index (χ4v) is 2.64. The Kier molecular flexibility index (Phi) is 4.93. The Morgan fingerprint density at radius 3 is 2.26 bits per heavy atom. The highest BCUT2D eigenvalue weighted by molar-refractivity contribution is 7.89. The van der Waals surface area contributed by atoms with Crippen molar-refractivity contribution in [2.45, 2.75) is 4.90 Å². The van der Waals surface area contributed by atoms with Gasteiger partial charge >= 0.3 is 0 Å². The van der Waals surface area contributed by atoms with E-state index >= 15 is 0 Å². The topological polar surface area (TPSA) is 92.5 Å². The normalized spacial score (nSPS) is 11.1. The molecule has 0 unspecified atom stereocenters. The van der Waals surface area contributed by atoms with Gasteiger partial charge in [-0.1, -0.05) is 11.6 Å². The lowest BCUT2D eigenvalue weighted by atomic mass is 10.2. The van der Waals surface area contributed by atoms with E-state index < -0.39 is 10.0 Å². The molecule has 0 fully saturated rings. The molecule has 0 saturated carbocycles. The molecule has 3 N–H and O–H groups in total. The number of carbonyl (C=O) groups is 1. The minimum Gasteiger partial charge on any atom is -0.376 e. The lowest BCUT2D eigenvalue weighted by Crippen LogP contribution is -2.18. The van der Waals surface area contributed by atoms with Gasteiger partial charge in [-0.2, -0.15) is 0 Å². The number of anilines is 2. The van der Waals surface area contributed by atoms with Crippen molar-refractivity contribution >= 4 is 38.9 Å². The van der Waals surface area contributed by atoms with Gasteiger partial charge in [0, 0.05) is 24.7 Å². The van der Waals surface area contributed by atoms with E-state index in [1.165, 1.54) is 12.1 Å². The number of benzene rings is 2. The van der Waals surface area contributed by atoms with Crippen LogP contribution in [0.1, 0.15) is 10.4 Å². The lowest BCUT2D eigenvalue weighted by Gasteiger charge is -2.18. The third kappa shape index (κ3) is 4.22. The second-order valence-corrected chi connectivity index (χ2v) is 7.08. The highest BCUT2D eigenvalue weighted by Crippen LogP contribution is 2.27. The number of rotatable bonds is 4. The van der Waals surface area contributed by atoms with Crippen molar-refractivity contribution in [1.82, 2.24) is 0 Å². The summed E-state index contributed by atoms with van der Waals surface area (Å²) < 4.78 is 23.0. The minimum atomic E-state index is -3.86. The van der Waals surface area contributed by atoms with Crippen molar-refractivity contribution in [3.63, 3.8) is 0 Å². The summed E-state index contributed by atoms with van der Waals surface area (Å²) in [5.74, 6) is -0.378. The van der Waals surface area contributed by atoms with E-state index in [0.717, 1.165) is 0 Å². The molecule has 0 spiro atoms. The molecule has 0 saturated heterocycles. The van der Waals surface area contributed by atoms with Crippen LogP contribution in [0.4, 0.5) is 11.4 Å². The summed E-state index contributed by atoms with van der Waals surface area (Å²) in [6.45, 7) is 0. The fourth-order valence-electron chi connectivity index (χ4n) is 1.98. The van der Waals surface area contributed by atoms with Gasteiger partial charge in [-0.3, -0.25) is 4.79 Å². The van der Waals surface area contributed by atoms with Crippen molar-refractivity contribution in [2.75, 3.05) is 24.3 Å². The molecule has 0 atom stereocenters. The molecule has 0 aromatic heterocycles. The van der Waals surface area contributed by atoms with Crippen molar-refractivity contribution < 1.29 is 13.2 Å². The summed E-state index contributed by atoms with van der Waals surface area (Å²) in [6, 6.07) is 10.7. The standard InChI is InChI=1S/C15H16ClN3O3S/c1-19(2)14-8-7-12(23(17,21)22)9-13(14)18-15(20)10-3-5-11(16)6-4-10/h3-9H,1-2H3,(H,18,20)(H2,17,21,22). The summed E-state index contributed by atoms with van der Waals surface area (Å²) in [7, 11) is -0.298.